The van der Waals surface area contributed by atoms with Gasteiger partial charge in [0.2, 0.25) is 5.95 Å². The van der Waals surface area contributed by atoms with E-state index in [4.69, 9.17) is 9.47 Å². The Hall–Kier alpha value is -3.55. The highest BCUT2D eigenvalue weighted by Gasteiger charge is 2.17. The van der Waals surface area contributed by atoms with E-state index in [0.29, 0.717) is 40.5 Å². The molecule has 0 spiro atoms. The molecule has 1 aliphatic heterocycles. The van der Waals surface area contributed by atoms with Crippen molar-refractivity contribution in [1.82, 2.24) is 9.97 Å². The first kappa shape index (κ1) is 20.7. The number of nitrogens with one attached hydrogen (secondary N) is 2. The summed E-state index contributed by atoms with van der Waals surface area (Å²) >= 11 is 0. The van der Waals surface area contributed by atoms with Gasteiger partial charge >= 0.3 is 0 Å². The third kappa shape index (κ3) is 4.19. The van der Waals surface area contributed by atoms with Crippen molar-refractivity contribution in [3.05, 3.63) is 51.8 Å². The lowest BCUT2D eigenvalue weighted by Crippen LogP contribution is -2.23. The van der Waals surface area contributed by atoms with Gasteiger partial charge < -0.3 is 24.7 Å². The zero-order valence-corrected chi connectivity index (χ0v) is 18.3. The molecule has 2 N–H and O–H groups in total. The van der Waals surface area contributed by atoms with Crippen molar-refractivity contribution in [3.8, 4) is 11.5 Å². The van der Waals surface area contributed by atoms with Crippen LogP contribution in [0.1, 0.15) is 24.0 Å². The Morgan fingerprint density at radius 2 is 2.06 bits per heavy atom. The molecule has 1 aliphatic rings. The molecule has 31 heavy (non-hydrogen) atoms. The second-order valence-electron chi connectivity index (χ2n) is 7.64. The second kappa shape index (κ2) is 8.67. The van der Waals surface area contributed by atoms with Gasteiger partial charge in [0.15, 0.2) is 11.5 Å². The standard InChI is InChI=1S/C23H27N5O3/c1-14-20-17(12-18(30-3)21(14)31-4)26-23(27-22(20)29)28(2)13-15-7-5-8-16(11-15)25-19-9-6-10-24-19/h5,7-8,11-12H,6,9-10,13H2,1-4H3,(H,24,25)(H,26,27,29). The summed E-state index contributed by atoms with van der Waals surface area (Å²) in [5.41, 5.74) is 3.17. The van der Waals surface area contributed by atoms with E-state index in [9.17, 15) is 4.79 Å². The Morgan fingerprint density at radius 1 is 1.23 bits per heavy atom. The molecule has 2 heterocycles. The summed E-state index contributed by atoms with van der Waals surface area (Å²) in [6, 6.07) is 9.96. The molecule has 2 aromatic carbocycles. The monoisotopic (exact) mass is 421 g/mol. The molecule has 0 saturated carbocycles. The molecule has 0 bridgehead atoms. The topological polar surface area (TPSA) is 91.8 Å². The SMILES string of the molecule is COc1cc2[nH]c(N(C)Cc3cccc(NC4=NCCC4)c3)nc(=O)c2c(C)c1OC. The van der Waals surface area contributed by atoms with E-state index in [1.807, 2.05) is 31.0 Å². The predicted molar refractivity (Wildman–Crippen MR) is 124 cm³/mol. The van der Waals surface area contributed by atoms with Gasteiger partial charge in [0.1, 0.15) is 5.84 Å². The number of fused-ring (bicyclic) bond motifs is 1. The van der Waals surface area contributed by atoms with Crippen molar-refractivity contribution in [2.24, 2.45) is 4.99 Å². The Morgan fingerprint density at radius 3 is 2.77 bits per heavy atom. The average Bonchev–Trinajstić information content (AvgIpc) is 3.26. The fourth-order valence-electron chi connectivity index (χ4n) is 3.93. The molecule has 4 rings (SSSR count). The molecule has 0 atom stereocenters. The van der Waals surface area contributed by atoms with E-state index < -0.39 is 0 Å². The van der Waals surface area contributed by atoms with Crippen LogP contribution in [0.15, 0.2) is 40.1 Å². The predicted octanol–water partition coefficient (Wildman–Crippen LogP) is 3.49. The Bertz CT molecular complexity index is 1200. The normalized spacial score (nSPS) is 13.2. The molecule has 3 aromatic rings. The van der Waals surface area contributed by atoms with Gasteiger partial charge in [-0.15, -0.1) is 0 Å². The second-order valence-corrected chi connectivity index (χ2v) is 7.64. The summed E-state index contributed by atoms with van der Waals surface area (Å²) in [5, 5.41) is 3.89. The zero-order chi connectivity index (χ0) is 22.0. The number of amidine groups is 1. The van der Waals surface area contributed by atoms with Crippen LogP contribution < -0.4 is 25.2 Å². The number of rotatable bonds is 6. The summed E-state index contributed by atoms with van der Waals surface area (Å²) in [4.78, 5) is 26.7. The highest BCUT2D eigenvalue weighted by Crippen LogP contribution is 2.35. The summed E-state index contributed by atoms with van der Waals surface area (Å²) in [6.45, 7) is 3.31. The number of hydrogen-bond donors (Lipinski definition) is 2. The van der Waals surface area contributed by atoms with Crippen molar-refractivity contribution >= 4 is 28.4 Å². The minimum atomic E-state index is -0.302. The highest BCUT2D eigenvalue weighted by atomic mass is 16.5. The minimum absolute atomic E-state index is 0.302. The summed E-state index contributed by atoms with van der Waals surface area (Å²) in [7, 11) is 5.04. The van der Waals surface area contributed by atoms with E-state index in [2.05, 4.69) is 32.4 Å². The van der Waals surface area contributed by atoms with Crippen LogP contribution in [0, 0.1) is 6.92 Å². The number of benzene rings is 2. The third-order valence-electron chi connectivity index (χ3n) is 5.45. The van der Waals surface area contributed by atoms with Crippen molar-refractivity contribution in [2.75, 3.05) is 38.0 Å². The van der Waals surface area contributed by atoms with Gasteiger partial charge in [0.05, 0.1) is 25.1 Å². The number of ether oxygens (including phenoxy) is 2. The first-order chi connectivity index (χ1) is 15.0. The molecule has 0 saturated heterocycles. The quantitative estimate of drug-likeness (QED) is 0.633. The molecule has 0 aliphatic carbocycles. The van der Waals surface area contributed by atoms with Crippen LogP contribution in [-0.2, 0) is 6.54 Å². The number of aromatic nitrogens is 2. The van der Waals surface area contributed by atoms with E-state index in [-0.39, 0.29) is 5.56 Å². The van der Waals surface area contributed by atoms with Crippen LogP contribution in [0.5, 0.6) is 11.5 Å². The van der Waals surface area contributed by atoms with Crippen molar-refractivity contribution < 1.29 is 9.47 Å². The summed E-state index contributed by atoms with van der Waals surface area (Å²) < 4.78 is 10.8. The largest absolute Gasteiger partial charge is 0.493 e. The lowest BCUT2D eigenvalue weighted by atomic mass is 10.1. The van der Waals surface area contributed by atoms with Gasteiger partial charge in [-0.25, -0.2) is 0 Å². The van der Waals surface area contributed by atoms with Crippen LogP contribution in [0.3, 0.4) is 0 Å². The lowest BCUT2D eigenvalue weighted by Gasteiger charge is -2.20. The minimum Gasteiger partial charge on any atom is -0.493 e. The number of H-pyrrole nitrogens is 1. The third-order valence-corrected chi connectivity index (χ3v) is 5.45. The number of nitrogens with zero attached hydrogens (tertiary/aromatic N) is 3. The Labute approximate surface area is 180 Å². The van der Waals surface area contributed by atoms with Crippen molar-refractivity contribution in [2.45, 2.75) is 26.3 Å². The van der Waals surface area contributed by atoms with Crippen molar-refractivity contribution in [3.63, 3.8) is 0 Å². The summed E-state index contributed by atoms with van der Waals surface area (Å²) in [6.07, 6.45) is 2.09. The fraction of sp³-hybridized carbons (Fsp3) is 0.348. The maximum absolute atomic E-state index is 12.8. The van der Waals surface area contributed by atoms with Crippen LogP contribution in [-0.4, -0.2) is 43.6 Å². The molecule has 162 valence electrons. The Balaban J connectivity index is 1.62. The lowest BCUT2D eigenvalue weighted by molar-refractivity contribution is 0.354. The van der Waals surface area contributed by atoms with E-state index in [0.717, 1.165) is 36.5 Å². The molecule has 0 amide bonds. The number of aliphatic imine (C=N–C) groups is 1. The number of methoxy groups -OCH3 is 2. The molecule has 8 heteroatoms. The fourth-order valence-corrected chi connectivity index (χ4v) is 3.93. The van der Waals surface area contributed by atoms with Crippen LogP contribution in [0.25, 0.3) is 10.9 Å². The first-order valence-corrected chi connectivity index (χ1v) is 10.3. The summed E-state index contributed by atoms with van der Waals surface area (Å²) in [5.74, 6) is 2.63. The molecular formula is C23H27N5O3. The number of aryl methyl sites for hydroxylation is 1. The van der Waals surface area contributed by atoms with Crippen LogP contribution >= 0.6 is 0 Å². The molecule has 0 fully saturated rings. The maximum Gasteiger partial charge on any atom is 0.282 e. The van der Waals surface area contributed by atoms with E-state index in [1.54, 1.807) is 20.3 Å². The molecule has 1 aromatic heterocycles. The molecule has 0 radical (unpaired) electrons. The zero-order valence-electron chi connectivity index (χ0n) is 18.3. The molecule has 8 nitrogen and oxygen atoms in total. The van der Waals surface area contributed by atoms with Gasteiger partial charge in [-0.05, 0) is 31.0 Å². The van der Waals surface area contributed by atoms with E-state index in [1.165, 1.54) is 0 Å². The number of aromatic amines is 1. The van der Waals surface area contributed by atoms with Gasteiger partial charge in [-0.3, -0.25) is 9.79 Å². The van der Waals surface area contributed by atoms with Gasteiger partial charge in [0.25, 0.3) is 5.56 Å². The van der Waals surface area contributed by atoms with E-state index >= 15 is 0 Å². The first-order valence-electron chi connectivity index (χ1n) is 10.3. The van der Waals surface area contributed by atoms with Crippen LogP contribution in [0.2, 0.25) is 0 Å². The van der Waals surface area contributed by atoms with Crippen LogP contribution in [0.4, 0.5) is 11.6 Å². The molecular weight excluding hydrogens is 394 g/mol. The Kier molecular flexibility index (Phi) is 5.79. The van der Waals surface area contributed by atoms with Crippen molar-refractivity contribution in [1.29, 1.82) is 0 Å². The smallest absolute Gasteiger partial charge is 0.282 e. The number of anilines is 2. The average molecular weight is 422 g/mol. The maximum atomic E-state index is 12.8. The van der Waals surface area contributed by atoms with Gasteiger partial charge in [-0.2, -0.15) is 4.98 Å². The highest BCUT2D eigenvalue weighted by molar-refractivity contribution is 5.96. The van der Waals surface area contributed by atoms with Gasteiger partial charge in [-0.1, -0.05) is 12.1 Å². The van der Waals surface area contributed by atoms with Gasteiger partial charge in [0, 0.05) is 43.9 Å². The molecule has 0 unspecified atom stereocenters. The number of hydrogen-bond acceptors (Lipinski definition) is 7.